The summed E-state index contributed by atoms with van der Waals surface area (Å²) in [7, 11) is 4.12. The van der Waals surface area contributed by atoms with Crippen LogP contribution in [0, 0.1) is 17.3 Å². The number of fused-ring (bicyclic) bond motifs is 2. The van der Waals surface area contributed by atoms with E-state index in [0.29, 0.717) is 17.7 Å². The number of amides is 1. The van der Waals surface area contributed by atoms with Crippen LogP contribution in [-0.2, 0) is 4.79 Å². The van der Waals surface area contributed by atoms with E-state index >= 15 is 0 Å². The molecule has 196 valence electrons. The molecule has 1 aromatic carbocycles. The number of aliphatic imine (C=N–C) groups is 1. The third-order valence-electron chi connectivity index (χ3n) is 9.31. The summed E-state index contributed by atoms with van der Waals surface area (Å²) in [5.41, 5.74) is 2.12. The second-order valence-corrected chi connectivity index (χ2v) is 12.4. The number of piperidine rings is 2. The van der Waals surface area contributed by atoms with Gasteiger partial charge < -0.3 is 20.4 Å². The molecule has 0 bridgehead atoms. The summed E-state index contributed by atoms with van der Waals surface area (Å²) in [6, 6.07) is 11.4. The second-order valence-electron chi connectivity index (χ2n) is 11.3. The van der Waals surface area contributed by atoms with Gasteiger partial charge >= 0.3 is 0 Å². The van der Waals surface area contributed by atoms with E-state index in [1.165, 1.54) is 5.56 Å². The number of hydrogen-bond acceptors (Lipinski definition) is 6. The van der Waals surface area contributed by atoms with Gasteiger partial charge in [0.25, 0.3) is 0 Å². The number of benzene rings is 1. The lowest BCUT2D eigenvalue weighted by Gasteiger charge is -2.50. The Bertz CT molecular complexity index is 993. The Balaban J connectivity index is 1.43. The van der Waals surface area contributed by atoms with Crippen LogP contribution in [0.15, 0.2) is 47.6 Å². The smallest absolute Gasteiger partial charge is 0.228 e. The zero-order chi connectivity index (χ0) is 25.4. The van der Waals surface area contributed by atoms with Crippen LogP contribution >= 0.6 is 11.8 Å². The Morgan fingerprint density at radius 1 is 1.25 bits per heavy atom. The van der Waals surface area contributed by atoms with Gasteiger partial charge in [0.2, 0.25) is 5.91 Å². The van der Waals surface area contributed by atoms with E-state index in [-0.39, 0.29) is 28.7 Å². The number of amidine groups is 1. The number of hydrogen-bond donors (Lipinski definition) is 2. The molecule has 5 rings (SSSR count). The number of carbonyl (C=O) groups is 1. The molecule has 6 atom stereocenters. The van der Waals surface area contributed by atoms with Gasteiger partial charge in [0.15, 0.2) is 5.17 Å². The number of nitrogens with zero attached hydrogens (tertiary/aromatic N) is 3. The summed E-state index contributed by atoms with van der Waals surface area (Å²) in [4.78, 5) is 24.0. The van der Waals surface area contributed by atoms with Gasteiger partial charge in [-0.05, 0) is 30.2 Å². The molecule has 3 fully saturated rings. The number of nitrogens with one attached hydrogen (secondary N) is 2. The van der Waals surface area contributed by atoms with Crippen LogP contribution in [0.5, 0.6) is 0 Å². The van der Waals surface area contributed by atoms with Crippen LogP contribution in [-0.4, -0.2) is 78.5 Å². The monoisotopic (exact) mass is 509 g/mol. The highest BCUT2D eigenvalue weighted by Gasteiger charge is 2.61. The third-order valence-corrected chi connectivity index (χ3v) is 11.0. The fourth-order valence-corrected chi connectivity index (χ4v) is 8.80. The van der Waals surface area contributed by atoms with Crippen molar-refractivity contribution in [2.45, 2.75) is 62.8 Å². The predicted octanol–water partition coefficient (Wildman–Crippen LogP) is 3.92. The summed E-state index contributed by atoms with van der Waals surface area (Å²) in [5.74, 6) is 1.26. The van der Waals surface area contributed by atoms with Crippen molar-refractivity contribution in [3.63, 3.8) is 0 Å². The fraction of sp³-hybridized carbons (Fsp3) is 0.655. The first-order chi connectivity index (χ1) is 17.4. The molecule has 36 heavy (non-hydrogen) atoms. The number of rotatable bonds is 5. The highest BCUT2D eigenvalue weighted by atomic mass is 32.2. The van der Waals surface area contributed by atoms with E-state index in [0.717, 1.165) is 62.7 Å². The van der Waals surface area contributed by atoms with E-state index in [9.17, 15) is 4.79 Å². The molecule has 4 heterocycles. The Hall–Kier alpha value is -1.99. The van der Waals surface area contributed by atoms with Crippen molar-refractivity contribution >= 4 is 22.8 Å². The molecule has 1 amide bonds. The molecule has 4 aliphatic heterocycles. The molecule has 0 aliphatic carbocycles. The first-order valence-corrected chi connectivity index (χ1v) is 14.7. The number of likely N-dealkylation sites (tertiary alicyclic amines) is 1. The minimum atomic E-state index is -0.319. The molecule has 1 aromatic rings. The van der Waals surface area contributed by atoms with E-state index in [1.807, 2.05) is 11.8 Å². The zero-order valence-corrected chi connectivity index (χ0v) is 23.2. The van der Waals surface area contributed by atoms with Crippen LogP contribution in [0.25, 0.3) is 0 Å². The van der Waals surface area contributed by atoms with Crippen molar-refractivity contribution in [2.75, 3.05) is 40.3 Å². The molecule has 0 radical (unpaired) electrons. The van der Waals surface area contributed by atoms with Crippen LogP contribution < -0.4 is 10.6 Å². The lowest BCUT2D eigenvalue weighted by atomic mass is 9.67. The highest BCUT2D eigenvalue weighted by molar-refractivity contribution is 8.14. The van der Waals surface area contributed by atoms with Gasteiger partial charge in [-0.3, -0.25) is 9.79 Å². The lowest BCUT2D eigenvalue weighted by Crippen LogP contribution is -2.60. The van der Waals surface area contributed by atoms with Gasteiger partial charge in [-0.1, -0.05) is 75.4 Å². The molecule has 0 saturated carbocycles. The van der Waals surface area contributed by atoms with E-state index in [4.69, 9.17) is 4.99 Å². The van der Waals surface area contributed by atoms with E-state index in [1.54, 1.807) is 0 Å². The molecular formula is C29H43N5OS. The molecule has 1 spiro atoms. The highest BCUT2D eigenvalue weighted by Crippen LogP contribution is 2.53. The second kappa shape index (κ2) is 10.4. The number of thioether (sulfide) groups is 1. The fourth-order valence-electron chi connectivity index (χ4n) is 7.25. The van der Waals surface area contributed by atoms with Crippen molar-refractivity contribution in [2.24, 2.45) is 22.2 Å². The minimum Gasteiger partial charge on any atom is -0.386 e. The molecule has 7 heteroatoms. The Labute approximate surface area is 221 Å². The standard InChI is InChI=1S/C29H43N5OS/c1-6-20(7-2)25-15-22(21-11-9-8-10-12-21)13-14-34(25)27(35)23-16-30-18-29(23)19(3)31-17-24-26(29)36-28(32-24)33(4)5/h8-12,20,22-26,30-31H,3,6-7,13-18H2,1-2,4-5H3/t22-,23+,24?,25+,26?,29+/m1/s1. The van der Waals surface area contributed by atoms with Gasteiger partial charge in [0.1, 0.15) is 0 Å². The zero-order valence-electron chi connectivity index (χ0n) is 22.4. The van der Waals surface area contributed by atoms with Gasteiger partial charge in [-0.2, -0.15) is 0 Å². The molecule has 2 N–H and O–H groups in total. The summed E-state index contributed by atoms with van der Waals surface area (Å²) >= 11 is 1.85. The first kappa shape index (κ1) is 25.7. The van der Waals surface area contributed by atoms with E-state index < -0.39 is 0 Å². The van der Waals surface area contributed by atoms with E-state index in [2.05, 4.69) is 85.3 Å². The van der Waals surface area contributed by atoms with Crippen molar-refractivity contribution in [3.05, 3.63) is 48.2 Å². The molecular weight excluding hydrogens is 466 g/mol. The Morgan fingerprint density at radius 2 is 2.00 bits per heavy atom. The van der Waals surface area contributed by atoms with Gasteiger partial charge in [0, 0.05) is 62.7 Å². The Morgan fingerprint density at radius 3 is 2.69 bits per heavy atom. The lowest BCUT2D eigenvalue weighted by molar-refractivity contribution is -0.143. The minimum absolute atomic E-state index is 0.111. The normalized spacial score (nSPS) is 34.0. The summed E-state index contributed by atoms with van der Waals surface area (Å²) in [6.45, 7) is 12.2. The number of carbonyl (C=O) groups excluding carboxylic acids is 1. The Kier molecular flexibility index (Phi) is 7.42. The quantitative estimate of drug-likeness (QED) is 0.630. The summed E-state index contributed by atoms with van der Waals surface area (Å²) in [5, 5.41) is 8.50. The van der Waals surface area contributed by atoms with Crippen LogP contribution in [0.3, 0.4) is 0 Å². The van der Waals surface area contributed by atoms with Crippen molar-refractivity contribution in [1.29, 1.82) is 0 Å². The van der Waals surface area contributed by atoms with Crippen molar-refractivity contribution < 1.29 is 4.79 Å². The molecule has 0 aromatic heterocycles. The maximum Gasteiger partial charge on any atom is 0.228 e. The topological polar surface area (TPSA) is 60.0 Å². The van der Waals surface area contributed by atoms with Gasteiger partial charge in [-0.25, -0.2) is 0 Å². The SMILES string of the molecule is C=C1NCC2N=C(N(C)C)SC2[C@@]12CNC[C@H]2C(=O)N1CC[C@@H](c2ccccc2)C[C@H]1C(CC)CC. The average molecular weight is 510 g/mol. The van der Waals surface area contributed by atoms with Gasteiger partial charge in [0.05, 0.1) is 12.0 Å². The predicted molar refractivity (Wildman–Crippen MR) is 150 cm³/mol. The molecule has 6 nitrogen and oxygen atoms in total. The maximum atomic E-state index is 14.6. The third kappa shape index (κ3) is 4.26. The largest absolute Gasteiger partial charge is 0.386 e. The maximum absolute atomic E-state index is 14.6. The van der Waals surface area contributed by atoms with Crippen molar-refractivity contribution in [1.82, 2.24) is 20.4 Å². The van der Waals surface area contributed by atoms with Crippen molar-refractivity contribution in [3.8, 4) is 0 Å². The van der Waals surface area contributed by atoms with Crippen LogP contribution in [0.2, 0.25) is 0 Å². The van der Waals surface area contributed by atoms with Crippen LogP contribution in [0.1, 0.15) is 51.0 Å². The first-order valence-electron chi connectivity index (χ1n) is 13.8. The molecule has 2 unspecified atom stereocenters. The molecule has 3 saturated heterocycles. The van der Waals surface area contributed by atoms with Gasteiger partial charge in [-0.15, -0.1) is 0 Å². The molecule has 4 aliphatic rings. The average Bonchev–Trinajstić information content (AvgIpc) is 3.53. The summed E-state index contributed by atoms with van der Waals surface area (Å²) in [6.07, 6.45) is 4.31. The summed E-state index contributed by atoms with van der Waals surface area (Å²) < 4.78 is 0. The van der Waals surface area contributed by atoms with Crippen LogP contribution in [0.4, 0.5) is 0 Å².